The lowest BCUT2D eigenvalue weighted by Crippen LogP contribution is -2.45. The molecule has 1 saturated heterocycles. The van der Waals surface area contributed by atoms with Gasteiger partial charge in [-0.25, -0.2) is 0 Å². The van der Waals surface area contributed by atoms with Gasteiger partial charge in [-0.1, -0.05) is 23.7 Å². The minimum atomic E-state index is -0.524. The van der Waals surface area contributed by atoms with Crippen molar-refractivity contribution < 1.29 is 5.11 Å². The number of piperidine rings is 1. The Labute approximate surface area is 114 Å². The van der Waals surface area contributed by atoms with Gasteiger partial charge < -0.3 is 10.8 Å². The van der Waals surface area contributed by atoms with Crippen LogP contribution in [-0.4, -0.2) is 35.2 Å². The van der Waals surface area contributed by atoms with Crippen molar-refractivity contribution in [2.45, 2.75) is 31.4 Å². The molecule has 100 valence electrons. The van der Waals surface area contributed by atoms with Gasteiger partial charge in [0, 0.05) is 30.7 Å². The predicted molar refractivity (Wildman–Crippen MR) is 74.7 cm³/mol. The fourth-order valence-electron chi connectivity index (χ4n) is 2.53. The van der Waals surface area contributed by atoms with E-state index in [1.165, 1.54) is 0 Å². The number of nitrogens with zero attached hydrogens (tertiary/aromatic N) is 1. The molecule has 1 aliphatic rings. The van der Waals surface area contributed by atoms with E-state index in [2.05, 4.69) is 11.0 Å². The van der Waals surface area contributed by atoms with Crippen molar-refractivity contribution in [2.24, 2.45) is 5.73 Å². The first-order valence-corrected chi connectivity index (χ1v) is 6.81. The van der Waals surface area contributed by atoms with Gasteiger partial charge in [0.05, 0.1) is 5.60 Å². The summed E-state index contributed by atoms with van der Waals surface area (Å²) in [6.45, 7) is 4.23. The number of hydrogen-bond donors (Lipinski definition) is 2. The van der Waals surface area contributed by atoms with Crippen LogP contribution in [0, 0.1) is 0 Å². The maximum Gasteiger partial charge on any atom is 0.0644 e. The van der Waals surface area contributed by atoms with Gasteiger partial charge >= 0.3 is 0 Å². The fourth-order valence-corrected chi connectivity index (χ4v) is 2.73. The van der Waals surface area contributed by atoms with E-state index in [4.69, 9.17) is 17.3 Å². The Morgan fingerprint density at radius 3 is 2.67 bits per heavy atom. The highest BCUT2D eigenvalue weighted by atomic mass is 35.5. The van der Waals surface area contributed by atoms with Crippen molar-refractivity contribution in [2.75, 3.05) is 19.6 Å². The molecule has 3 nitrogen and oxygen atoms in total. The average Bonchev–Trinajstić information content (AvgIpc) is 2.32. The van der Waals surface area contributed by atoms with E-state index in [1.807, 2.05) is 25.1 Å². The van der Waals surface area contributed by atoms with Gasteiger partial charge in [-0.15, -0.1) is 0 Å². The lowest BCUT2D eigenvalue weighted by Gasteiger charge is -2.40. The van der Waals surface area contributed by atoms with Crippen LogP contribution in [0.4, 0.5) is 0 Å². The molecule has 1 atom stereocenters. The monoisotopic (exact) mass is 268 g/mol. The second-order valence-electron chi connectivity index (χ2n) is 5.34. The molecule has 0 bridgehead atoms. The van der Waals surface area contributed by atoms with Crippen LogP contribution in [0.2, 0.25) is 5.02 Å². The number of hydrogen-bond acceptors (Lipinski definition) is 3. The van der Waals surface area contributed by atoms with E-state index in [0.717, 1.165) is 36.5 Å². The molecular formula is C14H21ClN2O. The highest BCUT2D eigenvalue weighted by Crippen LogP contribution is 2.29. The summed E-state index contributed by atoms with van der Waals surface area (Å²) in [6, 6.07) is 8.07. The van der Waals surface area contributed by atoms with Crippen molar-refractivity contribution in [3.63, 3.8) is 0 Å². The summed E-state index contributed by atoms with van der Waals surface area (Å²) in [5.74, 6) is 0. The molecule has 1 fully saturated rings. The molecule has 0 spiro atoms. The zero-order valence-corrected chi connectivity index (χ0v) is 11.5. The number of nitrogens with two attached hydrogens (primary N) is 1. The summed E-state index contributed by atoms with van der Waals surface area (Å²) in [5, 5.41) is 10.7. The molecule has 1 aromatic rings. The molecule has 18 heavy (non-hydrogen) atoms. The van der Waals surface area contributed by atoms with E-state index in [-0.39, 0.29) is 6.04 Å². The molecule has 0 saturated carbocycles. The van der Waals surface area contributed by atoms with Gasteiger partial charge in [-0.05, 0) is 37.5 Å². The first-order chi connectivity index (χ1) is 8.52. The summed E-state index contributed by atoms with van der Waals surface area (Å²) < 4.78 is 0. The first-order valence-electron chi connectivity index (χ1n) is 6.44. The van der Waals surface area contributed by atoms with Crippen LogP contribution in [0.15, 0.2) is 24.3 Å². The van der Waals surface area contributed by atoms with E-state index in [1.54, 1.807) is 0 Å². The Hall–Kier alpha value is -0.610. The second-order valence-corrected chi connectivity index (χ2v) is 5.78. The van der Waals surface area contributed by atoms with Gasteiger partial charge in [0.2, 0.25) is 0 Å². The van der Waals surface area contributed by atoms with Crippen molar-refractivity contribution in [3.05, 3.63) is 34.9 Å². The van der Waals surface area contributed by atoms with Crippen molar-refractivity contribution >= 4 is 11.6 Å². The van der Waals surface area contributed by atoms with E-state index in [0.29, 0.717) is 6.54 Å². The quantitative estimate of drug-likeness (QED) is 0.884. The number of rotatable bonds is 3. The molecule has 0 aliphatic carbocycles. The molecule has 3 N–H and O–H groups in total. The second kappa shape index (κ2) is 5.57. The third-order valence-corrected chi connectivity index (χ3v) is 4.01. The molecule has 1 aromatic carbocycles. The van der Waals surface area contributed by atoms with Crippen molar-refractivity contribution in [3.8, 4) is 0 Å². The van der Waals surface area contributed by atoms with E-state index >= 15 is 0 Å². The Bertz CT molecular complexity index is 399. The van der Waals surface area contributed by atoms with Crippen molar-refractivity contribution in [1.82, 2.24) is 4.90 Å². The SMILES string of the molecule is CC1(O)CCN(C(CN)c2cccc(Cl)c2)CC1. The van der Waals surface area contributed by atoms with E-state index in [9.17, 15) is 5.11 Å². The van der Waals surface area contributed by atoms with Gasteiger partial charge in [0.1, 0.15) is 0 Å². The van der Waals surface area contributed by atoms with Crippen LogP contribution < -0.4 is 5.73 Å². The van der Waals surface area contributed by atoms with Crippen LogP contribution in [0.5, 0.6) is 0 Å². The zero-order chi connectivity index (χ0) is 13.2. The van der Waals surface area contributed by atoms with Crippen LogP contribution >= 0.6 is 11.6 Å². The Kier molecular flexibility index (Phi) is 4.28. The number of halogens is 1. The summed E-state index contributed by atoms with van der Waals surface area (Å²) >= 11 is 6.03. The van der Waals surface area contributed by atoms with Gasteiger partial charge in [0.15, 0.2) is 0 Å². The standard InChI is InChI=1S/C14H21ClN2O/c1-14(18)5-7-17(8-6-14)13(10-16)11-3-2-4-12(15)9-11/h2-4,9,13,18H,5-8,10,16H2,1H3. The summed E-state index contributed by atoms with van der Waals surface area (Å²) in [5.41, 5.74) is 6.54. The molecule has 4 heteroatoms. The highest BCUT2D eigenvalue weighted by molar-refractivity contribution is 6.30. The summed E-state index contributed by atoms with van der Waals surface area (Å²) in [7, 11) is 0. The fraction of sp³-hybridized carbons (Fsp3) is 0.571. The highest BCUT2D eigenvalue weighted by Gasteiger charge is 2.30. The molecular weight excluding hydrogens is 248 g/mol. The van der Waals surface area contributed by atoms with E-state index < -0.39 is 5.60 Å². The van der Waals surface area contributed by atoms with Gasteiger partial charge in [-0.3, -0.25) is 4.90 Å². The third kappa shape index (κ3) is 3.23. The lowest BCUT2D eigenvalue weighted by atomic mass is 9.92. The Balaban J connectivity index is 2.10. The minimum Gasteiger partial charge on any atom is -0.390 e. The maximum atomic E-state index is 9.98. The van der Waals surface area contributed by atoms with Crippen molar-refractivity contribution in [1.29, 1.82) is 0 Å². The number of likely N-dealkylation sites (tertiary alicyclic amines) is 1. The molecule has 1 heterocycles. The molecule has 1 aliphatic heterocycles. The average molecular weight is 269 g/mol. The Morgan fingerprint density at radius 2 is 2.11 bits per heavy atom. The summed E-state index contributed by atoms with van der Waals surface area (Å²) in [6.07, 6.45) is 1.59. The smallest absolute Gasteiger partial charge is 0.0644 e. The van der Waals surface area contributed by atoms with Gasteiger partial charge in [-0.2, -0.15) is 0 Å². The molecule has 1 unspecified atom stereocenters. The maximum absolute atomic E-state index is 9.98. The molecule has 0 radical (unpaired) electrons. The largest absolute Gasteiger partial charge is 0.390 e. The topological polar surface area (TPSA) is 49.5 Å². The molecule has 2 rings (SSSR count). The predicted octanol–water partition coefficient (Wildman–Crippen LogP) is 2.19. The first kappa shape index (κ1) is 13.8. The van der Waals surface area contributed by atoms with Gasteiger partial charge in [0.25, 0.3) is 0 Å². The minimum absolute atomic E-state index is 0.194. The molecule has 0 aromatic heterocycles. The third-order valence-electron chi connectivity index (χ3n) is 3.77. The normalized spacial score (nSPS) is 21.8. The lowest BCUT2D eigenvalue weighted by molar-refractivity contribution is -0.0160. The Morgan fingerprint density at radius 1 is 1.44 bits per heavy atom. The van der Waals surface area contributed by atoms with Crippen LogP contribution in [0.1, 0.15) is 31.4 Å². The van der Waals surface area contributed by atoms with Crippen LogP contribution in [-0.2, 0) is 0 Å². The van der Waals surface area contributed by atoms with Crippen LogP contribution in [0.3, 0.4) is 0 Å². The van der Waals surface area contributed by atoms with Crippen LogP contribution in [0.25, 0.3) is 0 Å². The molecule has 0 amide bonds. The summed E-state index contributed by atoms with van der Waals surface area (Å²) in [4.78, 5) is 2.34. The number of aliphatic hydroxyl groups is 1. The number of benzene rings is 1. The zero-order valence-electron chi connectivity index (χ0n) is 10.8.